The molecule has 182 valence electrons. The van der Waals surface area contributed by atoms with Crippen molar-refractivity contribution in [2.24, 2.45) is 0 Å². The minimum Gasteiger partial charge on any atom is -0.435 e. The molecule has 1 aromatic heterocycles. The van der Waals surface area contributed by atoms with Crippen LogP contribution in [0.25, 0.3) is 0 Å². The van der Waals surface area contributed by atoms with Crippen molar-refractivity contribution in [1.29, 1.82) is 0 Å². The van der Waals surface area contributed by atoms with E-state index in [0.29, 0.717) is 5.56 Å². The number of benzene rings is 1. The van der Waals surface area contributed by atoms with Crippen LogP contribution in [-0.2, 0) is 20.0 Å². The second kappa shape index (κ2) is 7.97. The van der Waals surface area contributed by atoms with E-state index in [1.807, 2.05) is 0 Å². The summed E-state index contributed by atoms with van der Waals surface area (Å²) in [6.45, 7) is 1.65. The molecule has 1 N–H and O–H groups in total. The fourth-order valence-electron chi connectivity index (χ4n) is 4.23. The van der Waals surface area contributed by atoms with Crippen molar-refractivity contribution in [3.8, 4) is 5.75 Å². The number of nitrogens with zero attached hydrogens (tertiary/aromatic N) is 2. The van der Waals surface area contributed by atoms with Gasteiger partial charge in [0.25, 0.3) is 5.91 Å². The fourth-order valence-corrected chi connectivity index (χ4v) is 6.32. The predicted molar refractivity (Wildman–Crippen MR) is 117 cm³/mol. The first-order valence-corrected chi connectivity index (χ1v) is 12.2. The Hall–Kier alpha value is -3.15. The minimum atomic E-state index is -3.24. The molecule has 12 heteroatoms. The Balaban J connectivity index is 1.70. The Bertz CT molecular complexity index is 1300. The zero-order valence-electron chi connectivity index (χ0n) is 18.6. The predicted octanol–water partition coefficient (Wildman–Crippen LogP) is 3.09. The van der Waals surface area contributed by atoms with Gasteiger partial charge >= 0.3 is 6.61 Å². The summed E-state index contributed by atoms with van der Waals surface area (Å²) >= 11 is 0. The van der Waals surface area contributed by atoms with E-state index >= 15 is 0 Å². The highest BCUT2D eigenvalue weighted by Gasteiger charge is 2.47. The minimum absolute atomic E-state index is 0.0252. The molecule has 3 heterocycles. The third kappa shape index (κ3) is 4.22. The van der Waals surface area contributed by atoms with Crippen LogP contribution in [0.5, 0.6) is 5.75 Å². The molecule has 2 aromatic rings. The maximum atomic E-state index is 14.6. The van der Waals surface area contributed by atoms with E-state index in [1.165, 1.54) is 12.3 Å². The van der Waals surface area contributed by atoms with Crippen LogP contribution in [-0.4, -0.2) is 48.9 Å². The summed E-state index contributed by atoms with van der Waals surface area (Å²) in [7, 11) is -3.24. The Morgan fingerprint density at radius 1 is 1.24 bits per heavy atom. The molecule has 0 aliphatic carbocycles. The van der Waals surface area contributed by atoms with Gasteiger partial charge in [-0.25, -0.2) is 17.8 Å². The number of hydrogen-bond donors (Lipinski definition) is 1. The molecule has 2 amide bonds. The summed E-state index contributed by atoms with van der Waals surface area (Å²) in [6.07, 6.45) is 1.47. The third-order valence-corrected chi connectivity index (χ3v) is 7.96. The van der Waals surface area contributed by atoms with Crippen molar-refractivity contribution in [1.82, 2.24) is 10.3 Å². The Morgan fingerprint density at radius 3 is 2.56 bits per heavy atom. The summed E-state index contributed by atoms with van der Waals surface area (Å²) in [4.78, 5) is 31.3. The van der Waals surface area contributed by atoms with Gasteiger partial charge in [-0.05, 0) is 45.4 Å². The number of halogens is 3. The van der Waals surface area contributed by atoms with Crippen LogP contribution in [0.3, 0.4) is 0 Å². The Morgan fingerprint density at radius 2 is 1.94 bits per heavy atom. The molecular weight excluding hydrogens is 475 g/mol. The van der Waals surface area contributed by atoms with Crippen molar-refractivity contribution in [2.75, 3.05) is 16.4 Å². The summed E-state index contributed by atoms with van der Waals surface area (Å²) < 4.78 is 67.9. The number of ether oxygens (including phenoxy) is 1. The molecule has 0 spiro atoms. The topological polar surface area (TPSA) is 106 Å². The van der Waals surface area contributed by atoms with E-state index in [4.69, 9.17) is 0 Å². The summed E-state index contributed by atoms with van der Waals surface area (Å²) in [6, 6.07) is 4.35. The van der Waals surface area contributed by atoms with Crippen LogP contribution in [0.2, 0.25) is 0 Å². The van der Waals surface area contributed by atoms with Crippen molar-refractivity contribution in [3.05, 3.63) is 47.4 Å². The normalized spacial score (nSPS) is 22.7. The van der Waals surface area contributed by atoms with Gasteiger partial charge in [-0.1, -0.05) is 0 Å². The molecular formula is C22H22F3N3O5S. The number of amides is 2. The highest BCUT2D eigenvalue weighted by molar-refractivity contribution is 7.91. The number of sulfone groups is 1. The number of aromatic nitrogens is 1. The van der Waals surface area contributed by atoms with Crippen LogP contribution in [0.1, 0.15) is 43.1 Å². The number of carbonyl (C=O) groups is 2. The van der Waals surface area contributed by atoms with Crippen LogP contribution in [0.4, 0.5) is 24.7 Å². The highest BCUT2D eigenvalue weighted by Crippen LogP contribution is 2.45. The van der Waals surface area contributed by atoms with Crippen LogP contribution in [0.15, 0.2) is 30.5 Å². The van der Waals surface area contributed by atoms with Gasteiger partial charge in [0.15, 0.2) is 9.84 Å². The average molecular weight is 497 g/mol. The lowest BCUT2D eigenvalue weighted by molar-refractivity contribution is -0.121. The van der Waals surface area contributed by atoms with Crippen LogP contribution >= 0.6 is 0 Å². The van der Waals surface area contributed by atoms with Gasteiger partial charge in [0.2, 0.25) is 5.91 Å². The number of carbonyl (C=O) groups excluding carboxylic acids is 2. The Kier molecular flexibility index (Phi) is 5.62. The first-order valence-electron chi connectivity index (χ1n) is 10.3. The lowest BCUT2D eigenvalue weighted by atomic mass is 9.86. The van der Waals surface area contributed by atoms with E-state index < -0.39 is 45.0 Å². The molecule has 0 unspecified atom stereocenters. The first-order chi connectivity index (χ1) is 15.7. The maximum Gasteiger partial charge on any atom is 0.387 e. The molecule has 8 nitrogen and oxygen atoms in total. The number of anilines is 2. The molecule has 0 saturated carbocycles. The van der Waals surface area contributed by atoms with E-state index in [-0.39, 0.29) is 40.7 Å². The van der Waals surface area contributed by atoms with Gasteiger partial charge in [0, 0.05) is 17.8 Å². The molecule has 0 bridgehead atoms. The quantitative estimate of drug-likeness (QED) is 0.681. The fraction of sp³-hybridized carbons (Fsp3) is 0.409. The van der Waals surface area contributed by atoms with Gasteiger partial charge in [-0.3, -0.25) is 14.5 Å². The first kappa shape index (κ1) is 24.0. The number of fused-ring (bicyclic) bond motifs is 1. The van der Waals surface area contributed by atoms with E-state index in [9.17, 15) is 31.2 Å². The number of nitrogens with one attached hydrogen (secondary N) is 1. The van der Waals surface area contributed by atoms with E-state index in [1.54, 1.807) is 20.8 Å². The number of pyridine rings is 1. The van der Waals surface area contributed by atoms with Crippen molar-refractivity contribution in [3.63, 3.8) is 0 Å². The van der Waals surface area contributed by atoms with Crippen LogP contribution < -0.4 is 15.0 Å². The lowest BCUT2D eigenvalue weighted by Crippen LogP contribution is -2.47. The number of rotatable bonds is 5. The van der Waals surface area contributed by atoms with Gasteiger partial charge in [0.1, 0.15) is 17.4 Å². The van der Waals surface area contributed by atoms with Gasteiger partial charge in [-0.2, -0.15) is 8.78 Å². The van der Waals surface area contributed by atoms with Crippen molar-refractivity contribution in [2.45, 2.75) is 44.8 Å². The molecule has 2 aliphatic rings. The van der Waals surface area contributed by atoms with Gasteiger partial charge in [0.05, 0.1) is 33.7 Å². The zero-order valence-corrected chi connectivity index (χ0v) is 19.4. The Labute approximate surface area is 194 Å². The summed E-state index contributed by atoms with van der Waals surface area (Å²) in [5.41, 5.74) is -2.04. The summed E-state index contributed by atoms with van der Waals surface area (Å²) in [5, 5.41) is 2.73. The van der Waals surface area contributed by atoms with E-state index in [0.717, 1.165) is 23.1 Å². The lowest BCUT2D eigenvalue weighted by Gasteiger charge is -2.24. The third-order valence-electron chi connectivity index (χ3n) is 6.05. The summed E-state index contributed by atoms with van der Waals surface area (Å²) in [5.74, 6) is -2.47. The zero-order chi connectivity index (χ0) is 25.1. The SMILES string of the molecule is CC1(C)C(=O)N(c2cc(OC(F)F)ccc2F)c2ncc(C(=O)N[C@@]3(C)CCS(=O)(=O)C3)cc21. The van der Waals surface area contributed by atoms with Gasteiger partial charge < -0.3 is 10.1 Å². The van der Waals surface area contributed by atoms with Crippen molar-refractivity contribution >= 4 is 33.2 Å². The average Bonchev–Trinajstić information content (AvgIpc) is 3.12. The number of hydrogen-bond acceptors (Lipinski definition) is 6. The van der Waals surface area contributed by atoms with Crippen LogP contribution in [0, 0.1) is 5.82 Å². The molecule has 1 saturated heterocycles. The molecule has 2 aliphatic heterocycles. The van der Waals surface area contributed by atoms with Gasteiger partial charge in [-0.15, -0.1) is 0 Å². The molecule has 34 heavy (non-hydrogen) atoms. The second-order valence-electron chi connectivity index (χ2n) is 9.21. The second-order valence-corrected chi connectivity index (χ2v) is 11.4. The molecule has 1 atom stereocenters. The monoisotopic (exact) mass is 497 g/mol. The van der Waals surface area contributed by atoms with Crippen molar-refractivity contribution < 1.29 is 35.9 Å². The maximum absolute atomic E-state index is 14.6. The highest BCUT2D eigenvalue weighted by atomic mass is 32.2. The largest absolute Gasteiger partial charge is 0.435 e. The number of alkyl halides is 2. The molecule has 1 aromatic carbocycles. The smallest absolute Gasteiger partial charge is 0.387 e. The standard InChI is InChI=1S/C22H22F3N3O5S/c1-21(2)14-8-12(18(29)27-22(3)6-7-34(31,32)11-22)10-26-17(14)28(19(21)30)16-9-13(33-20(24)25)4-5-15(16)23/h4-5,8-10,20H,6-7,11H2,1-3H3,(H,27,29)/t22-/m0/s1. The molecule has 4 rings (SSSR count). The van der Waals surface area contributed by atoms with E-state index in [2.05, 4.69) is 15.0 Å². The molecule has 1 fully saturated rings. The molecule has 0 radical (unpaired) electrons.